The van der Waals surface area contributed by atoms with Crippen molar-refractivity contribution in [2.24, 2.45) is 0 Å². The summed E-state index contributed by atoms with van der Waals surface area (Å²) in [6.45, 7) is 2.81. The molecule has 0 saturated carbocycles. The number of nitrogens with one attached hydrogen (secondary N) is 1. The topological polar surface area (TPSA) is 56.3 Å². The number of aromatic nitrogens is 2. The highest BCUT2D eigenvalue weighted by molar-refractivity contribution is 5.40. The van der Waals surface area contributed by atoms with Crippen LogP contribution in [0, 0.1) is 0 Å². The van der Waals surface area contributed by atoms with Gasteiger partial charge >= 0.3 is 0 Å². The SMILES string of the molecule is CCNc1cc(Oc2cccc(OC)c2)ncn1. The van der Waals surface area contributed by atoms with E-state index in [1.165, 1.54) is 6.33 Å². The fraction of sp³-hybridized carbons (Fsp3) is 0.231. The maximum atomic E-state index is 5.64. The Hall–Kier alpha value is -2.30. The molecule has 0 atom stereocenters. The summed E-state index contributed by atoms with van der Waals surface area (Å²) in [5, 5.41) is 3.10. The van der Waals surface area contributed by atoms with Crippen LogP contribution in [0.25, 0.3) is 0 Å². The fourth-order valence-electron chi connectivity index (χ4n) is 1.46. The van der Waals surface area contributed by atoms with Crippen molar-refractivity contribution >= 4 is 5.82 Å². The van der Waals surface area contributed by atoms with Crippen LogP contribution in [0.2, 0.25) is 0 Å². The maximum Gasteiger partial charge on any atom is 0.224 e. The Balaban J connectivity index is 2.14. The summed E-state index contributed by atoms with van der Waals surface area (Å²) in [5.41, 5.74) is 0. The highest BCUT2D eigenvalue weighted by Crippen LogP contribution is 2.24. The minimum Gasteiger partial charge on any atom is -0.497 e. The molecule has 0 aliphatic rings. The second-order valence-corrected chi connectivity index (χ2v) is 3.55. The van der Waals surface area contributed by atoms with Crippen molar-refractivity contribution in [3.8, 4) is 17.4 Å². The summed E-state index contributed by atoms with van der Waals surface area (Å²) >= 11 is 0. The maximum absolute atomic E-state index is 5.64. The molecule has 1 heterocycles. The lowest BCUT2D eigenvalue weighted by molar-refractivity contribution is 0.407. The predicted octanol–water partition coefficient (Wildman–Crippen LogP) is 2.71. The first-order valence-corrected chi connectivity index (χ1v) is 5.69. The monoisotopic (exact) mass is 245 g/mol. The zero-order valence-corrected chi connectivity index (χ0v) is 10.4. The molecule has 5 heteroatoms. The molecule has 1 N–H and O–H groups in total. The number of ether oxygens (including phenoxy) is 2. The predicted molar refractivity (Wildman–Crippen MR) is 69.3 cm³/mol. The molecule has 2 rings (SSSR count). The summed E-state index contributed by atoms with van der Waals surface area (Å²) in [6, 6.07) is 9.12. The van der Waals surface area contributed by atoms with Crippen molar-refractivity contribution in [3.63, 3.8) is 0 Å². The van der Waals surface area contributed by atoms with Crippen molar-refractivity contribution in [2.45, 2.75) is 6.92 Å². The first-order valence-electron chi connectivity index (χ1n) is 5.69. The van der Waals surface area contributed by atoms with Crippen molar-refractivity contribution < 1.29 is 9.47 Å². The number of anilines is 1. The average Bonchev–Trinajstić information content (AvgIpc) is 2.40. The van der Waals surface area contributed by atoms with E-state index in [2.05, 4.69) is 15.3 Å². The molecule has 18 heavy (non-hydrogen) atoms. The third-order valence-electron chi connectivity index (χ3n) is 2.26. The number of hydrogen-bond donors (Lipinski definition) is 1. The summed E-state index contributed by atoms with van der Waals surface area (Å²) in [7, 11) is 1.62. The van der Waals surface area contributed by atoms with Crippen molar-refractivity contribution in [3.05, 3.63) is 36.7 Å². The third kappa shape index (κ3) is 3.10. The molecule has 0 aliphatic heterocycles. The number of rotatable bonds is 5. The summed E-state index contributed by atoms with van der Waals surface area (Å²) in [5.74, 6) is 2.66. The molecule has 1 aromatic heterocycles. The highest BCUT2D eigenvalue weighted by atomic mass is 16.5. The van der Waals surface area contributed by atoms with Crippen LogP contribution in [-0.4, -0.2) is 23.6 Å². The lowest BCUT2D eigenvalue weighted by atomic mass is 10.3. The minimum atomic E-state index is 0.495. The van der Waals surface area contributed by atoms with E-state index in [-0.39, 0.29) is 0 Å². The standard InChI is InChI=1S/C13H15N3O2/c1-3-14-12-8-13(16-9-15-12)18-11-6-4-5-10(7-11)17-2/h4-9H,3H2,1-2H3,(H,14,15,16). The Labute approximate surface area is 106 Å². The van der Waals surface area contributed by atoms with E-state index in [0.29, 0.717) is 11.6 Å². The minimum absolute atomic E-state index is 0.495. The van der Waals surface area contributed by atoms with Gasteiger partial charge in [0.15, 0.2) is 0 Å². The molecular weight excluding hydrogens is 230 g/mol. The zero-order chi connectivity index (χ0) is 12.8. The molecule has 1 aromatic carbocycles. The molecule has 2 aromatic rings. The van der Waals surface area contributed by atoms with Crippen LogP contribution in [-0.2, 0) is 0 Å². The summed E-state index contributed by atoms with van der Waals surface area (Å²) in [6.07, 6.45) is 1.47. The van der Waals surface area contributed by atoms with Gasteiger partial charge in [-0.25, -0.2) is 9.97 Å². The van der Waals surface area contributed by atoms with Gasteiger partial charge in [0.25, 0.3) is 0 Å². The van der Waals surface area contributed by atoms with Gasteiger partial charge in [-0.2, -0.15) is 0 Å². The van der Waals surface area contributed by atoms with E-state index >= 15 is 0 Å². The molecule has 0 fully saturated rings. The smallest absolute Gasteiger partial charge is 0.224 e. The van der Waals surface area contributed by atoms with Gasteiger partial charge in [-0.3, -0.25) is 0 Å². The van der Waals surface area contributed by atoms with Gasteiger partial charge in [-0.1, -0.05) is 6.07 Å². The van der Waals surface area contributed by atoms with Gasteiger partial charge in [0.1, 0.15) is 23.6 Å². The van der Waals surface area contributed by atoms with Crippen LogP contribution in [0.3, 0.4) is 0 Å². The van der Waals surface area contributed by atoms with E-state index in [1.807, 2.05) is 25.1 Å². The summed E-state index contributed by atoms with van der Waals surface area (Å²) in [4.78, 5) is 8.14. The van der Waals surface area contributed by atoms with Crippen molar-refractivity contribution in [2.75, 3.05) is 19.0 Å². The lowest BCUT2D eigenvalue weighted by Crippen LogP contribution is -2.00. The number of nitrogens with zero attached hydrogens (tertiary/aromatic N) is 2. The third-order valence-corrected chi connectivity index (χ3v) is 2.26. The van der Waals surface area contributed by atoms with E-state index in [0.717, 1.165) is 18.1 Å². The molecule has 0 unspecified atom stereocenters. The van der Waals surface area contributed by atoms with E-state index < -0.39 is 0 Å². The first kappa shape index (κ1) is 12.2. The van der Waals surface area contributed by atoms with Gasteiger partial charge in [0.05, 0.1) is 7.11 Å². The van der Waals surface area contributed by atoms with Gasteiger partial charge in [-0.15, -0.1) is 0 Å². The highest BCUT2D eigenvalue weighted by Gasteiger charge is 2.02. The number of methoxy groups -OCH3 is 1. The van der Waals surface area contributed by atoms with Gasteiger partial charge < -0.3 is 14.8 Å². The zero-order valence-electron chi connectivity index (χ0n) is 10.4. The lowest BCUT2D eigenvalue weighted by Gasteiger charge is -2.07. The molecule has 0 radical (unpaired) electrons. The number of benzene rings is 1. The molecule has 0 aliphatic carbocycles. The second kappa shape index (κ2) is 5.86. The normalized spacial score (nSPS) is 9.89. The molecule has 94 valence electrons. The Morgan fingerprint density at radius 1 is 1.17 bits per heavy atom. The Bertz CT molecular complexity index is 517. The van der Waals surface area contributed by atoms with E-state index in [9.17, 15) is 0 Å². The molecular formula is C13H15N3O2. The van der Waals surface area contributed by atoms with Crippen LogP contribution in [0.4, 0.5) is 5.82 Å². The Morgan fingerprint density at radius 2 is 2.00 bits per heavy atom. The van der Waals surface area contributed by atoms with Crippen molar-refractivity contribution in [1.29, 1.82) is 0 Å². The largest absolute Gasteiger partial charge is 0.497 e. The first-order chi connectivity index (χ1) is 8.81. The molecule has 0 bridgehead atoms. The molecule has 0 amide bonds. The van der Waals surface area contributed by atoms with Crippen molar-refractivity contribution in [1.82, 2.24) is 9.97 Å². The fourth-order valence-corrected chi connectivity index (χ4v) is 1.46. The van der Waals surface area contributed by atoms with Gasteiger partial charge in [-0.05, 0) is 19.1 Å². The van der Waals surface area contributed by atoms with Crippen LogP contribution >= 0.6 is 0 Å². The van der Waals surface area contributed by atoms with Crippen LogP contribution in [0.5, 0.6) is 17.4 Å². The molecule has 0 spiro atoms. The summed E-state index contributed by atoms with van der Waals surface area (Å²) < 4.78 is 10.8. The van der Waals surface area contributed by atoms with Crippen LogP contribution < -0.4 is 14.8 Å². The van der Waals surface area contributed by atoms with Crippen LogP contribution in [0.1, 0.15) is 6.92 Å². The van der Waals surface area contributed by atoms with Gasteiger partial charge in [0.2, 0.25) is 5.88 Å². The quantitative estimate of drug-likeness (QED) is 0.877. The molecule has 0 saturated heterocycles. The van der Waals surface area contributed by atoms with E-state index in [1.54, 1.807) is 19.2 Å². The number of hydrogen-bond acceptors (Lipinski definition) is 5. The van der Waals surface area contributed by atoms with Crippen LogP contribution in [0.15, 0.2) is 36.7 Å². The Kier molecular flexibility index (Phi) is 3.96. The second-order valence-electron chi connectivity index (χ2n) is 3.55. The average molecular weight is 245 g/mol. The molecule has 5 nitrogen and oxygen atoms in total. The van der Waals surface area contributed by atoms with E-state index in [4.69, 9.17) is 9.47 Å². The Morgan fingerprint density at radius 3 is 2.78 bits per heavy atom. The van der Waals surface area contributed by atoms with Gasteiger partial charge in [0, 0.05) is 18.7 Å².